The lowest BCUT2D eigenvalue weighted by molar-refractivity contribution is -0.115. The minimum Gasteiger partial charge on any atom is -0.495 e. The molecule has 0 radical (unpaired) electrons. The molecule has 1 aromatic heterocycles. The summed E-state index contributed by atoms with van der Waals surface area (Å²) in [5, 5.41) is 3.04. The molecule has 7 nitrogen and oxygen atoms in total. The van der Waals surface area contributed by atoms with Gasteiger partial charge in [-0.05, 0) is 56.5 Å². The number of carbonyl (C=O) groups excluding carboxylic acids is 1. The number of sulfonamides is 1. The number of anilines is 1. The van der Waals surface area contributed by atoms with E-state index in [9.17, 15) is 13.2 Å². The van der Waals surface area contributed by atoms with Gasteiger partial charge in [0.05, 0.1) is 23.1 Å². The standard InChI is InChI=1S/C20H25N3O4S2/c1-14-6-8-18(27-3)17(12-14)22-20(24)15(2)28-19-9-7-16(13-21-19)29(25,26)23-10-4-5-11-23/h6-9,12-13,15H,4-5,10-11H2,1-3H3,(H,22,24). The molecule has 3 rings (SSSR count). The molecule has 156 valence electrons. The normalized spacial score (nSPS) is 15.8. The van der Waals surface area contributed by atoms with Crippen LogP contribution in [0.15, 0.2) is 46.5 Å². The zero-order valence-corrected chi connectivity index (χ0v) is 18.3. The van der Waals surface area contributed by atoms with Crippen molar-refractivity contribution < 1.29 is 17.9 Å². The van der Waals surface area contributed by atoms with Gasteiger partial charge in [0.15, 0.2) is 0 Å². The summed E-state index contributed by atoms with van der Waals surface area (Å²) >= 11 is 1.27. The van der Waals surface area contributed by atoms with Crippen molar-refractivity contribution in [1.29, 1.82) is 0 Å². The topological polar surface area (TPSA) is 88.6 Å². The molecule has 1 aromatic carbocycles. The van der Waals surface area contributed by atoms with Crippen LogP contribution in [0, 0.1) is 6.92 Å². The molecule has 1 saturated heterocycles. The fraction of sp³-hybridized carbons (Fsp3) is 0.400. The fourth-order valence-electron chi connectivity index (χ4n) is 3.06. The molecule has 0 spiro atoms. The van der Waals surface area contributed by atoms with Crippen LogP contribution in [0.1, 0.15) is 25.3 Å². The summed E-state index contributed by atoms with van der Waals surface area (Å²) in [6, 6.07) is 8.77. The van der Waals surface area contributed by atoms with E-state index < -0.39 is 15.3 Å². The SMILES string of the molecule is COc1ccc(C)cc1NC(=O)C(C)Sc1ccc(S(=O)(=O)N2CCCC2)cn1. The summed E-state index contributed by atoms with van der Waals surface area (Å²) in [5.41, 5.74) is 1.63. The highest BCUT2D eigenvalue weighted by atomic mass is 32.2. The molecule has 1 atom stereocenters. The molecular formula is C20H25N3O4S2. The summed E-state index contributed by atoms with van der Waals surface area (Å²) in [6.45, 7) is 4.82. The summed E-state index contributed by atoms with van der Waals surface area (Å²) in [6.07, 6.45) is 3.14. The van der Waals surface area contributed by atoms with E-state index in [0.29, 0.717) is 29.6 Å². The van der Waals surface area contributed by atoms with Crippen LogP contribution in [-0.2, 0) is 14.8 Å². The first-order valence-electron chi connectivity index (χ1n) is 9.39. The van der Waals surface area contributed by atoms with Crippen LogP contribution < -0.4 is 10.1 Å². The minimum atomic E-state index is -3.48. The third-order valence-corrected chi connectivity index (χ3v) is 7.62. The number of aromatic nitrogens is 1. The average molecular weight is 436 g/mol. The second-order valence-electron chi connectivity index (χ2n) is 6.90. The Labute approximate surface area is 175 Å². The number of hydrogen-bond acceptors (Lipinski definition) is 6. The lowest BCUT2D eigenvalue weighted by Crippen LogP contribution is -2.28. The lowest BCUT2D eigenvalue weighted by Gasteiger charge is -2.16. The number of amides is 1. The Kier molecular flexibility index (Phi) is 6.81. The largest absolute Gasteiger partial charge is 0.495 e. The number of thioether (sulfide) groups is 1. The van der Waals surface area contributed by atoms with Gasteiger partial charge in [0.2, 0.25) is 15.9 Å². The number of ether oxygens (including phenoxy) is 1. The fourth-order valence-corrected chi connectivity index (χ4v) is 5.31. The Morgan fingerprint density at radius 1 is 1.24 bits per heavy atom. The lowest BCUT2D eigenvalue weighted by atomic mass is 10.2. The second kappa shape index (κ2) is 9.15. The Morgan fingerprint density at radius 2 is 1.97 bits per heavy atom. The zero-order chi connectivity index (χ0) is 21.0. The van der Waals surface area contributed by atoms with Crippen molar-refractivity contribution in [2.75, 3.05) is 25.5 Å². The van der Waals surface area contributed by atoms with E-state index >= 15 is 0 Å². The summed E-state index contributed by atoms with van der Waals surface area (Å²) < 4.78 is 31.9. The first-order valence-corrected chi connectivity index (χ1v) is 11.7. The van der Waals surface area contributed by atoms with Crippen LogP contribution in [0.3, 0.4) is 0 Å². The number of nitrogens with zero attached hydrogens (tertiary/aromatic N) is 2. The van der Waals surface area contributed by atoms with Crippen molar-refractivity contribution in [3.63, 3.8) is 0 Å². The monoisotopic (exact) mass is 435 g/mol. The van der Waals surface area contributed by atoms with Crippen LogP contribution in [0.4, 0.5) is 5.69 Å². The Morgan fingerprint density at radius 3 is 2.59 bits per heavy atom. The van der Waals surface area contributed by atoms with Gasteiger partial charge in [0, 0.05) is 19.3 Å². The number of pyridine rings is 1. The summed E-state index contributed by atoms with van der Waals surface area (Å²) in [7, 11) is -1.93. The number of aryl methyl sites for hydroxylation is 1. The molecule has 29 heavy (non-hydrogen) atoms. The quantitative estimate of drug-likeness (QED) is 0.672. The van der Waals surface area contributed by atoms with Crippen LogP contribution in [0.2, 0.25) is 0 Å². The number of methoxy groups -OCH3 is 1. The van der Waals surface area contributed by atoms with Gasteiger partial charge < -0.3 is 10.1 Å². The number of rotatable bonds is 7. The first kappa shape index (κ1) is 21.6. The minimum absolute atomic E-state index is 0.186. The predicted octanol–water partition coefficient (Wildman–Crippen LogP) is 3.30. The van der Waals surface area contributed by atoms with Crippen LogP contribution in [0.25, 0.3) is 0 Å². The molecule has 0 bridgehead atoms. The molecule has 0 aliphatic carbocycles. The summed E-state index contributed by atoms with van der Waals surface area (Å²) in [5.74, 6) is 0.408. The van der Waals surface area contributed by atoms with Gasteiger partial charge in [-0.3, -0.25) is 4.79 Å². The maximum Gasteiger partial charge on any atom is 0.244 e. The third-order valence-electron chi connectivity index (χ3n) is 4.69. The van der Waals surface area contributed by atoms with Crippen molar-refractivity contribution in [2.24, 2.45) is 0 Å². The smallest absolute Gasteiger partial charge is 0.244 e. The third kappa shape index (κ3) is 5.09. The molecule has 1 aliphatic rings. The van der Waals surface area contributed by atoms with E-state index in [1.807, 2.05) is 25.1 Å². The summed E-state index contributed by atoms with van der Waals surface area (Å²) in [4.78, 5) is 17.0. The highest BCUT2D eigenvalue weighted by molar-refractivity contribution is 8.00. The van der Waals surface area contributed by atoms with Gasteiger partial charge in [0.25, 0.3) is 0 Å². The van der Waals surface area contributed by atoms with Crippen molar-refractivity contribution in [1.82, 2.24) is 9.29 Å². The van der Waals surface area contributed by atoms with Crippen LogP contribution in [-0.4, -0.2) is 49.1 Å². The molecular weight excluding hydrogens is 410 g/mol. The van der Waals surface area contributed by atoms with E-state index in [4.69, 9.17) is 4.74 Å². The molecule has 2 heterocycles. The van der Waals surface area contributed by atoms with Crippen molar-refractivity contribution in [3.8, 4) is 5.75 Å². The van der Waals surface area contributed by atoms with Crippen molar-refractivity contribution in [3.05, 3.63) is 42.1 Å². The number of nitrogens with one attached hydrogen (secondary N) is 1. The van der Waals surface area contributed by atoms with Gasteiger partial charge in [0.1, 0.15) is 10.6 Å². The predicted molar refractivity (Wildman–Crippen MR) is 114 cm³/mol. The van der Waals surface area contributed by atoms with E-state index in [-0.39, 0.29) is 10.8 Å². The van der Waals surface area contributed by atoms with E-state index in [1.165, 1.54) is 22.3 Å². The van der Waals surface area contributed by atoms with E-state index in [1.54, 1.807) is 26.2 Å². The molecule has 1 aliphatic heterocycles. The van der Waals surface area contributed by atoms with Gasteiger partial charge in [-0.15, -0.1) is 0 Å². The molecule has 1 amide bonds. The number of hydrogen-bond donors (Lipinski definition) is 1. The second-order valence-corrected chi connectivity index (χ2v) is 10.2. The Bertz CT molecular complexity index is 972. The Hall–Kier alpha value is -2.10. The Balaban J connectivity index is 1.65. The molecule has 1 N–H and O–H groups in total. The average Bonchev–Trinajstić information content (AvgIpc) is 3.24. The molecule has 9 heteroatoms. The first-order chi connectivity index (χ1) is 13.8. The zero-order valence-electron chi connectivity index (χ0n) is 16.7. The van der Waals surface area contributed by atoms with Gasteiger partial charge in [-0.25, -0.2) is 13.4 Å². The number of carbonyl (C=O) groups is 1. The van der Waals surface area contributed by atoms with Crippen LogP contribution in [0.5, 0.6) is 5.75 Å². The molecule has 0 saturated carbocycles. The van der Waals surface area contributed by atoms with Crippen molar-refractivity contribution in [2.45, 2.75) is 41.9 Å². The van der Waals surface area contributed by atoms with Gasteiger partial charge in [-0.1, -0.05) is 17.8 Å². The molecule has 1 fully saturated rings. The van der Waals surface area contributed by atoms with Crippen LogP contribution >= 0.6 is 11.8 Å². The molecule has 2 aromatic rings. The van der Waals surface area contributed by atoms with E-state index in [0.717, 1.165) is 18.4 Å². The maximum absolute atomic E-state index is 12.6. The van der Waals surface area contributed by atoms with Gasteiger partial charge in [-0.2, -0.15) is 4.31 Å². The molecule has 1 unspecified atom stereocenters. The maximum atomic E-state index is 12.6. The highest BCUT2D eigenvalue weighted by Gasteiger charge is 2.27. The van der Waals surface area contributed by atoms with Gasteiger partial charge >= 0.3 is 0 Å². The van der Waals surface area contributed by atoms with E-state index in [2.05, 4.69) is 10.3 Å². The van der Waals surface area contributed by atoms with Crippen molar-refractivity contribution >= 4 is 33.4 Å². The highest BCUT2D eigenvalue weighted by Crippen LogP contribution is 2.28. The number of benzene rings is 1.